The van der Waals surface area contributed by atoms with E-state index in [9.17, 15) is 9.59 Å². The van der Waals surface area contributed by atoms with Gasteiger partial charge >= 0.3 is 5.97 Å². The summed E-state index contributed by atoms with van der Waals surface area (Å²) < 4.78 is 5.40. The molecule has 1 aliphatic heterocycles. The zero-order valence-electron chi connectivity index (χ0n) is 11.0. The molecule has 0 saturated heterocycles. The molecule has 1 fully saturated rings. The fraction of sp³-hybridized carbons (Fsp3) is 0.600. The van der Waals surface area contributed by atoms with E-state index in [4.69, 9.17) is 4.74 Å². The smallest absolute Gasteiger partial charge is 0.334 e. The van der Waals surface area contributed by atoms with Crippen molar-refractivity contribution in [1.82, 2.24) is 0 Å². The number of allylic oxidation sites excluding steroid dienone is 2. The highest BCUT2D eigenvalue weighted by Gasteiger charge is 2.51. The monoisotopic (exact) mass is 246 g/mol. The summed E-state index contributed by atoms with van der Waals surface area (Å²) >= 11 is 0. The van der Waals surface area contributed by atoms with Crippen molar-refractivity contribution in [2.75, 3.05) is 0 Å². The first-order valence-electron chi connectivity index (χ1n) is 6.56. The quantitative estimate of drug-likeness (QED) is 0.616. The first-order chi connectivity index (χ1) is 8.43. The van der Waals surface area contributed by atoms with Crippen LogP contribution in [0.15, 0.2) is 23.3 Å². The maximum atomic E-state index is 11.9. The van der Waals surface area contributed by atoms with Crippen LogP contribution in [0.4, 0.5) is 0 Å². The first kappa shape index (κ1) is 11.7. The van der Waals surface area contributed by atoms with E-state index in [0.717, 1.165) is 24.0 Å². The van der Waals surface area contributed by atoms with E-state index >= 15 is 0 Å². The predicted molar refractivity (Wildman–Crippen MR) is 66.7 cm³/mol. The molecule has 4 unspecified atom stereocenters. The Hall–Kier alpha value is -1.38. The van der Waals surface area contributed by atoms with Gasteiger partial charge in [-0.1, -0.05) is 19.9 Å². The van der Waals surface area contributed by atoms with Crippen LogP contribution in [0.5, 0.6) is 0 Å². The van der Waals surface area contributed by atoms with Gasteiger partial charge in [-0.25, -0.2) is 4.79 Å². The van der Waals surface area contributed by atoms with Crippen LogP contribution in [0.2, 0.25) is 0 Å². The van der Waals surface area contributed by atoms with Crippen molar-refractivity contribution in [2.45, 2.75) is 39.7 Å². The third kappa shape index (κ3) is 1.36. The molecule has 1 saturated carbocycles. The zero-order valence-corrected chi connectivity index (χ0v) is 11.0. The minimum absolute atomic E-state index is 0.0180. The van der Waals surface area contributed by atoms with Crippen LogP contribution >= 0.6 is 0 Å². The normalized spacial score (nSPS) is 42.7. The van der Waals surface area contributed by atoms with Crippen LogP contribution in [-0.4, -0.2) is 17.9 Å². The Balaban J connectivity index is 2.03. The molecule has 3 nitrogen and oxygen atoms in total. The van der Waals surface area contributed by atoms with Gasteiger partial charge in [0.15, 0.2) is 5.78 Å². The van der Waals surface area contributed by atoms with Gasteiger partial charge in [0.05, 0.1) is 0 Å². The summed E-state index contributed by atoms with van der Waals surface area (Å²) in [7, 11) is 0. The third-order valence-corrected chi connectivity index (χ3v) is 5.22. The Morgan fingerprint density at radius 3 is 2.83 bits per heavy atom. The number of ether oxygens (including phenoxy) is 1. The van der Waals surface area contributed by atoms with Crippen LogP contribution in [0.3, 0.4) is 0 Å². The molecule has 3 rings (SSSR count). The van der Waals surface area contributed by atoms with Crippen molar-refractivity contribution in [3.05, 3.63) is 23.3 Å². The Morgan fingerprint density at radius 2 is 2.11 bits per heavy atom. The molecule has 4 atom stereocenters. The molecule has 0 amide bonds. The van der Waals surface area contributed by atoms with Crippen molar-refractivity contribution in [3.63, 3.8) is 0 Å². The highest BCUT2D eigenvalue weighted by molar-refractivity contribution is 5.94. The number of carbonyl (C=O) groups excluding carboxylic acids is 2. The van der Waals surface area contributed by atoms with Crippen LogP contribution in [0, 0.1) is 17.3 Å². The van der Waals surface area contributed by atoms with Gasteiger partial charge in [0.2, 0.25) is 0 Å². The van der Waals surface area contributed by atoms with Gasteiger partial charge in [0.1, 0.15) is 6.10 Å². The van der Waals surface area contributed by atoms with E-state index in [-0.39, 0.29) is 29.2 Å². The standard InChI is InChI=1S/C15H18O3/c1-8-11-7-15(3)9(2)12(16)5-4-10(15)6-13(11)18-14(8)17/h4-5,9-10,13H,6-7H2,1-3H3. The number of fused-ring (bicyclic) bond motifs is 2. The minimum Gasteiger partial charge on any atom is -0.454 e. The molecule has 0 aromatic rings. The summed E-state index contributed by atoms with van der Waals surface area (Å²) in [4.78, 5) is 23.5. The van der Waals surface area contributed by atoms with Crippen LogP contribution in [0.25, 0.3) is 0 Å². The number of ketones is 1. The second kappa shape index (κ2) is 3.56. The number of rotatable bonds is 0. The summed E-state index contributed by atoms with van der Waals surface area (Å²) in [6.07, 6.45) is 5.29. The molecule has 3 aliphatic rings. The van der Waals surface area contributed by atoms with Crippen LogP contribution < -0.4 is 0 Å². The molecular weight excluding hydrogens is 228 g/mol. The van der Waals surface area contributed by atoms with E-state index in [1.807, 2.05) is 19.9 Å². The SMILES string of the molecule is CC1=C2CC3(C)C(C=CC(=O)C3C)CC2OC1=O. The molecule has 0 spiro atoms. The lowest BCUT2D eigenvalue weighted by molar-refractivity contribution is -0.142. The van der Waals surface area contributed by atoms with E-state index < -0.39 is 0 Å². The van der Waals surface area contributed by atoms with Crippen molar-refractivity contribution in [2.24, 2.45) is 17.3 Å². The third-order valence-electron chi connectivity index (χ3n) is 5.22. The van der Waals surface area contributed by atoms with E-state index in [0.29, 0.717) is 5.92 Å². The fourth-order valence-electron chi connectivity index (χ4n) is 3.59. The van der Waals surface area contributed by atoms with Crippen LogP contribution in [-0.2, 0) is 14.3 Å². The van der Waals surface area contributed by atoms with Gasteiger partial charge in [-0.3, -0.25) is 4.79 Å². The van der Waals surface area contributed by atoms with Gasteiger partial charge in [-0.05, 0) is 42.7 Å². The fourth-order valence-corrected chi connectivity index (χ4v) is 3.59. The number of hydrogen-bond donors (Lipinski definition) is 0. The van der Waals surface area contributed by atoms with Gasteiger partial charge in [-0.15, -0.1) is 0 Å². The summed E-state index contributed by atoms with van der Waals surface area (Å²) in [5.74, 6) is 0.373. The summed E-state index contributed by atoms with van der Waals surface area (Å²) in [6.45, 7) is 6.02. The summed E-state index contributed by atoms with van der Waals surface area (Å²) in [5.41, 5.74) is 1.81. The van der Waals surface area contributed by atoms with E-state index in [1.165, 1.54) is 0 Å². The lowest BCUT2D eigenvalue weighted by Crippen LogP contribution is -2.45. The molecule has 0 aromatic carbocycles. The van der Waals surface area contributed by atoms with Crippen molar-refractivity contribution in [3.8, 4) is 0 Å². The molecule has 0 N–H and O–H groups in total. The van der Waals surface area contributed by atoms with E-state index in [2.05, 4.69) is 6.92 Å². The highest BCUT2D eigenvalue weighted by atomic mass is 16.5. The van der Waals surface area contributed by atoms with Crippen molar-refractivity contribution < 1.29 is 14.3 Å². The number of carbonyl (C=O) groups is 2. The summed E-state index contributed by atoms with van der Waals surface area (Å²) in [6, 6.07) is 0. The van der Waals surface area contributed by atoms with E-state index in [1.54, 1.807) is 6.08 Å². The molecule has 18 heavy (non-hydrogen) atoms. The number of hydrogen-bond acceptors (Lipinski definition) is 3. The minimum atomic E-state index is -0.180. The Bertz CT molecular complexity index is 500. The highest BCUT2D eigenvalue weighted by Crippen LogP contribution is 2.53. The lowest BCUT2D eigenvalue weighted by Gasteiger charge is -2.47. The van der Waals surface area contributed by atoms with Crippen molar-refractivity contribution >= 4 is 11.8 Å². The summed E-state index contributed by atoms with van der Waals surface area (Å²) in [5, 5.41) is 0. The second-order valence-corrected chi connectivity index (χ2v) is 6.05. The topological polar surface area (TPSA) is 43.4 Å². The first-order valence-corrected chi connectivity index (χ1v) is 6.56. The Labute approximate surface area is 107 Å². The molecule has 0 radical (unpaired) electrons. The second-order valence-electron chi connectivity index (χ2n) is 6.05. The maximum Gasteiger partial charge on any atom is 0.334 e. The van der Waals surface area contributed by atoms with Gasteiger partial charge in [0.25, 0.3) is 0 Å². The molecule has 96 valence electrons. The molecule has 1 heterocycles. The molecule has 3 heteroatoms. The predicted octanol–water partition coefficient (Wildman–Crippen LogP) is 2.42. The zero-order chi connectivity index (χ0) is 13.1. The average molecular weight is 246 g/mol. The Morgan fingerprint density at radius 1 is 1.39 bits per heavy atom. The maximum absolute atomic E-state index is 11.9. The van der Waals surface area contributed by atoms with Gasteiger partial charge in [0, 0.05) is 11.5 Å². The lowest BCUT2D eigenvalue weighted by atomic mass is 9.56. The molecule has 2 aliphatic carbocycles. The van der Waals surface area contributed by atoms with Gasteiger partial charge < -0.3 is 4.74 Å². The Kier molecular flexibility index (Phi) is 2.31. The molecule has 0 aromatic heterocycles. The van der Waals surface area contributed by atoms with Crippen LogP contribution in [0.1, 0.15) is 33.6 Å². The van der Waals surface area contributed by atoms with Crippen molar-refractivity contribution in [1.29, 1.82) is 0 Å². The average Bonchev–Trinajstić information content (AvgIpc) is 2.60. The molecule has 0 bridgehead atoms. The number of esters is 1. The van der Waals surface area contributed by atoms with Gasteiger partial charge in [-0.2, -0.15) is 0 Å². The molecular formula is C15H18O3. The largest absolute Gasteiger partial charge is 0.454 e.